The SMILES string of the molecule is C[C@@H]1CN(c2cc(F)cc3nccnc23)C[C@H](C)N1C(=O)OC(C)(C)C. The summed E-state index contributed by atoms with van der Waals surface area (Å²) in [5.41, 5.74) is 1.36. The molecule has 1 amide bonds. The largest absolute Gasteiger partial charge is 0.444 e. The topological polar surface area (TPSA) is 58.6 Å². The number of nitrogens with zero attached hydrogens (tertiary/aromatic N) is 4. The normalized spacial score (nSPS) is 21.2. The fourth-order valence-corrected chi connectivity index (χ4v) is 3.46. The maximum Gasteiger partial charge on any atom is 0.410 e. The zero-order valence-corrected chi connectivity index (χ0v) is 15.9. The first-order chi connectivity index (χ1) is 12.2. The predicted octanol–water partition coefficient (Wildman–Crippen LogP) is 3.60. The summed E-state index contributed by atoms with van der Waals surface area (Å²) in [6.07, 6.45) is 2.84. The van der Waals surface area contributed by atoms with Gasteiger partial charge in [0.25, 0.3) is 0 Å². The van der Waals surface area contributed by atoms with Crippen molar-refractivity contribution in [1.29, 1.82) is 0 Å². The Hall–Kier alpha value is -2.44. The van der Waals surface area contributed by atoms with Gasteiger partial charge in [0.1, 0.15) is 16.9 Å². The molecule has 0 unspecified atom stereocenters. The molecule has 1 aromatic heterocycles. The highest BCUT2D eigenvalue weighted by molar-refractivity contribution is 5.88. The van der Waals surface area contributed by atoms with Crippen molar-refractivity contribution in [3.05, 3.63) is 30.3 Å². The van der Waals surface area contributed by atoms with E-state index in [4.69, 9.17) is 4.74 Å². The van der Waals surface area contributed by atoms with Gasteiger partial charge in [-0.15, -0.1) is 0 Å². The number of benzene rings is 1. The Balaban J connectivity index is 1.87. The van der Waals surface area contributed by atoms with Crippen LogP contribution in [0.3, 0.4) is 0 Å². The molecule has 140 valence electrons. The summed E-state index contributed by atoms with van der Waals surface area (Å²) in [4.78, 5) is 25.0. The first kappa shape index (κ1) is 18.4. The van der Waals surface area contributed by atoms with E-state index in [0.717, 1.165) is 0 Å². The minimum Gasteiger partial charge on any atom is -0.444 e. The zero-order valence-electron chi connectivity index (χ0n) is 15.9. The van der Waals surface area contributed by atoms with E-state index in [-0.39, 0.29) is 24.0 Å². The number of aromatic nitrogens is 2. The number of hydrogen-bond acceptors (Lipinski definition) is 5. The molecule has 1 saturated heterocycles. The van der Waals surface area contributed by atoms with Gasteiger partial charge in [-0.3, -0.25) is 14.9 Å². The van der Waals surface area contributed by atoms with Gasteiger partial charge in [0, 0.05) is 31.5 Å². The van der Waals surface area contributed by atoms with E-state index in [2.05, 4.69) is 14.9 Å². The second-order valence-electron chi connectivity index (χ2n) is 7.84. The number of amides is 1. The van der Waals surface area contributed by atoms with E-state index >= 15 is 0 Å². The van der Waals surface area contributed by atoms with E-state index in [1.807, 2.05) is 34.6 Å². The summed E-state index contributed by atoms with van der Waals surface area (Å²) >= 11 is 0. The lowest BCUT2D eigenvalue weighted by molar-refractivity contribution is 0.00567. The lowest BCUT2D eigenvalue weighted by Gasteiger charge is -2.45. The monoisotopic (exact) mass is 360 g/mol. The van der Waals surface area contributed by atoms with Crippen LogP contribution in [0.25, 0.3) is 11.0 Å². The molecule has 6 nitrogen and oxygen atoms in total. The van der Waals surface area contributed by atoms with Crippen LogP contribution in [0.2, 0.25) is 0 Å². The van der Waals surface area contributed by atoms with Crippen molar-refractivity contribution in [3.8, 4) is 0 Å². The smallest absolute Gasteiger partial charge is 0.410 e. The van der Waals surface area contributed by atoms with Gasteiger partial charge in [-0.2, -0.15) is 0 Å². The zero-order chi connectivity index (χ0) is 19.1. The summed E-state index contributed by atoms with van der Waals surface area (Å²) in [6, 6.07) is 2.71. The molecule has 2 aromatic rings. The Labute approximate surface area is 153 Å². The first-order valence-corrected chi connectivity index (χ1v) is 8.82. The van der Waals surface area contributed by atoms with Gasteiger partial charge in [-0.25, -0.2) is 9.18 Å². The molecular weight excluding hydrogens is 335 g/mol. The molecule has 0 aliphatic carbocycles. The Morgan fingerprint density at radius 2 is 1.77 bits per heavy atom. The molecule has 3 rings (SSSR count). The van der Waals surface area contributed by atoms with Crippen LogP contribution in [0.4, 0.5) is 14.9 Å². The van der Waals surface area contributed by atoms with E-state index in [1.54, 1.807) is 17.3 Å². The highest BCUT2D eigenvalue weighted by atomic mass is 19.1. The molecule has 2 atom stereocenters. The second-order valence-corrected chi connectivity index (χ2v) is 7.84. The van der Waals surface area contributed by atoms with Crippen LogP contribution in [0.15, 0.2) is 24.5 Å². The quantitative estimate of drug-likeness (QED) is 0.778. The summed E-state index contributed by atoms with van der Waals surface area (Å²) < 4.78 is 19.6. The standard InChI is InChI=1S/C19H25FN4O2/c1-12-10-23(11-13(2)24(12)18(25)26-19(3,4)5)16-9-14(20)8-15-17(16)22-7-6-21-15/h6-9,12-13H,10-11H2,1-5H3/t12-,13+. The van der Waals surface area contributed by atoms with Gasteiger partial charge in [-0.1, -0.05) is 0 Å². The number of halogens is 1. The third kappa shape index (κ3) is 3.71. The molecule has 1 aromatic carbocycles. The van der Waals surface area contributed by atoms with Crippen LogP contribution >= 0.6 is 0 Å². The van der Waals surface area contributed by atoms with Crippen LogP contribution in [0, 0.1) is 5.82 Å². The summed E-state index contributed by atoms with van der Waals surface area (Å²) in [5.74, 6) is -0.345. The molecule has 1 aliphatic heterocycles. The lowest BCUT2D eigenvalue weighted by atomic mass is 10.1. The Morgan fingerprint density at radius 3 is 2.38 bits per heavy atom. The van der Waals surface area contributed by atoms with Gasteiger partial charge in [0.2, 0.25) is 0 Å². The second kappa shape index (κ2) is 6.70. The third-order valence-electron chi connectivity index (χ3n) is 4.38. The molecule has 26 heavy (non-hydrogen) atoms. The molecule has 1 fully saturated rings. The Kier molecular flexibility index (Phi) is 4.73. The van der Waals surface area contributed by atoms with Gasteiger partial charge in [0.15, 0.2) is 0 Å². The van der Waals surface area contributed by atoms with Crippen LogP contribution in [0.5, 0.6) is 0 Å². The number of hydrogen-bond donors (Lipinski definition) is 0. The fraction of sp³-hybridized carbons (Fsp3) is 0.526. The maximum atomic E-state index is 14.1. The van der Waals surface area contributed by atoms with Gasteiger partial charge in [0.05, 0.1) is 23.3 Å². The van der Waals surface area contributed by atoms with Crippen molar-refractivity contribution in [2.45, 2.75) is 52.3 Å². The van der Waals surface area contributed by atoms with Crippen molar-refractivity contribution in [2.24, 2.45) is 0 Å². The predicted molar refractivity (Wildman–Crippen MR) is 98.7 cm³/mol. The number of carbonyl (C=O) groups is 1. The van der Waals surface area contributed by atoms with E-state index in [1.165, 1.54) is 12.1 Å². The average Bonchev–Trinajstić information content (AvgIpc) is 2.51. The van der Waals surface area contributed by atoms with Crippen LogP contribution in [-0.2, 0) is 4.74 Å². The van der Waals surface area contributed by atoms with Crippen LogP contribution in [0.1, 0.15) is 34.6 Å². The first-order valence-electron chi connectivity index (χ1n) is 8.82. The van der Waals surface area contributed by atoms with Crippen molar-refractivity contribution < 1.29 is 13.9 Å². The van der Waals surface area contributed by atoms with Crippen molar-refractivity contribution in [1.82, 2.24) is 14.9 Å². The van der Waals surface area contributed by atoms with Gasteiger partial charge < -0.3 is 9.64 Å². The Bertz CT molecular complexity index is 809. The van der Waals surface area contributed by atoms with Crippen molar-refractivity contribution in [2.75, 3.05) is 18.0 Å². The lowest BCUT2D eigenvalue weighted by Crippen LogP contribution is -2.59. The molecule has 7 heteroatoms. The number of anilines is 1. The van der Waals surface area contributed by atoms with Crippen LogP contribution < -0.4 is 4.90 Å². The highest BCUT2D eigenvalue weighted by Gasteiger charge is 2.36. The van der Waals surface area contributed by atoms with Crippen molar-refractivity contribution >= 4 is 22.8 Å². The van der Waals surface area contributed by atoms with Gasteiger partial charge in [-0.05, 0) is 40.7 Å². The summed E-state index contributed by atoms with van der Waals surface area (Å²) in [7, 11) is 0. The summed E-state index contributed by atoms with van der Waals surface area (Å²) in [6.45, 7) is 10.6. The van der Waals surface area contributed by atoms with E-state index in [9.17, 15) is 9.18 Å². The Morgan fingerprint density at radius 1 is 1.15 bits per heavy atom. The van der Waals surface area contributed by atoms with E-state index < -0.39 is 5.60 Å². The minimum absolute atomic E-state index is 0.0800. The number of carbonyl (C=O) groups excluding carboxylic acids is 1. The fourth-order valence-electron chi connectivity index (χ4n) is 3.46. The number of fused-ring (bicyclic) bond motifs is 1. The average molecular weight is 360 g/mol. The summed E-state index contributed by atoms with van der Waals surface area (Å²) in [5, 5.41) is 0. The number of rotatable bonds is 1. The highest BCUT2D eigenvalue weighted by Crippen LogP contribution is 2.29. The molecule has 0 bridgehead atoms. The molecule has 2 heterocycles. The van der Waals surface area contributed by atoms with E-state index in [0.29, 0.717) is 29.8 Å². The third-order valence-corrected chi connectivity index (χ3v) is 4.38. The maximum absolute atomic E-state index is 14.1. The number of piperazine rings is 1. The minimum atomic E-state index is -0.540. The molecule has 0 radical (unpaired) electrons. The van der Waals surface area contributed by atoms with Gasteiger partial charge >= 0.3 is 6.09 Å². The molecule has 0 N–H and O–H groups in total. The van der Waals surface area contributed by atoms with Crippen molar-refractivity contribution in [3.63, 3.8) is 0 Å². The molecular formula is C19H25FN4O2. The molecule has 0 saturated carbocycles. The molecule has 1 aliphatic rings. The number of ether oxygens (including phenoxy) is 1. The van der Waals surface area contributed by atoms with Crippen LogP contribution in [-0.4, -0.2) is 51.7 Å². The molecule has 0 spiro atoms.